The standard InChI is InChI=1S/C17H9BrClN3OS/c18-12-7-3-2-6-11(12)15-20-17-22(21-15)16(23)14(24-17)9-10-5-1-4-8-13(10)19/h1-9H/b14-9+. The number of hydrogen-bond acceptors (Lipinski definition) is 4. The van der Waals surface area contributed by atoms with Crippen LogP contribution >= 0.6 is 38.9 Å². The van der Waals surface area contributed by atoms with Gasteiger partial charge in [-0.25, -0.2) is 0 Å². The predicted molar refractivity (Wildman–Crippen MR) is 101 cm³/mol. The Hall–Kier alpha value is -2.02. The van der Waals surface area contributed by atoms with Crippen LogP contribution in [0.1, 0.15) is 5.56 Å². The van der Waals surface area contributed by atoms with E-state index in [1.54, 1.807) is 12.1 Å². The SMILES string of the molecule is O=c1/c(=C\c2ccccc2Cl)sc2nc(-c3ccccc3Br)nn12. The third-order valence-electron chi connectivity index (χ3n) is 3.49. The first-order chi connectivity index (χ1) is 11.6. The van der Waals surface area contributed by atoms with Gasteiger partial charge in [-0.2, -0.15) is 9.50 Å². The lowest BCUT2D eigenvalue weighted by atomic mass is 10.2. The molecular formula is C17H9BrClN3OS. The first-order valence-corrected chi connectivity index (χ1v) is 9.03. The minimum absolute atomic E-state index is 0.194. The third-order valence-corrected chi connectivity index (χ3v) is 5.48. The van der Waals surface area contributed by atoms with Crippen LogP contribution in [-0.4, -0.2) is 14.6 Å². The summed E-state index contributed by atoms with van der Waals surface area (Å²) < 4.78 is 2.78. The van der Waals surface area contributed by atoms with Gasteiger partial charge in [0, 0.05) is 15.1 Å². The van der Waals surface area contributed by atoms with Crippen LogP contribution in [0.15, 0.2) is 57.8 Å². The molecule has 4 aromatic rings. The lowest BCUT2D eigenvalue weighted by Crippen LogP contribution is -2.23. The Morgan fingerprint density at radius 2 is 1.88 bits per heavy atom. The highest BCUT2D eigenvalue weighted by atomic mass is 79.9. The maximum Gasteiger partial charge on any atom is 0.291 e. The van der Waals surface area contributed by atoms with Crippen molar-refractivity contribution >= 4 is 49.9 Å². The zero-order valence-electron chi connectivity index (χ0n) is 12.1. The molecule has 4 rings (SSSR count). The molecule has 24 heavy (non-hydrogen) atoms. The Morgan fingerprint density at radius 3 is 2.62 bits per heavy atom. The summed E-state index contributed by atoms with van der Waals surface area (Å²) in [5.74, 6) is 0.523. The van der Waals surface area contributed by atoms with Gasteiger partial charge >= 0.3 is 0 Å². The molecule has 0 N–H and O–H groups in total. The lowest BCUT2D eigenvalue weighted by Gasteiger charge is -1.97. The van der Waals surface area contributed by atoms with E-state index < -0.39 is 0 Å². The van der Waals surface area contributed by atoms with Crippen molar-refractivity contribution in [1.29, 1.82) is 0 Å². The van der Waals surface area contributed by atoms with Crippen LogP contribution in [0.25, 0.3) is 22.4 Å². The molecule has 0 spiro atoms. The Bertz CT molecular complexity index is 1170. The molecule has 0 saturated carbocycles. The molecule has 0 saturated heterocycles. The first kappa shape index (κ1) is 15.5. The Balaban J connectivity index is 1.87. The number of fused-ring (bicyclic) bond motifs is 1. The van der Waals surface area contributed by atoms with Crippen molar-refractivity contribution in [3.63, 3.8) is 0 Å². The zero-order valence-corrected chi connectivity index (χ0v) is 15.3. The highest BCUT2D eigenvalue weighted by Gasteiger charge is 2.13. The number of thiazole rings is 1. The molecule has 2 aromatic carbocycles. The maximum absolute atomic E-state index is 12.6. The van der Waals surface area contributed by atoms with Crippen LogP contribution in [0.3, 0.4) is 0 Å². The van der Waals surface area contributed by atoms with Gasteiger partial charge in [0.25, 0.3) is 5.56 Å². The van der Waals surface area contributed by atoms with E-state index in [9.17, 15) is 4.79 Å². The minimum atomic E-state index is -0.194. The van der Waals surface area contributed by atoms with Gasteiger partial charge in [0.1, 0.15) is 0 Å². The second-order valence-electron chi connectivity index (χ2n) is 5.05. The van der Waals surface area contributed by atoms with E-state index in [0.717, 1.165) is 15.6 Å². The molecule has 0 fully saturated rings. The van der Waals surface area contributed by atoms with Gasteiger partial charge in [-0.1, -0.05) is 69.2 Å². The van der Waals surface area contributed by atoms with Crippen LogP contribution in [0.2, 0.25) is 5.02 Å². The fourth-order valence-corrected chi connectivity index (χ4v) is 3.87. The Labute approximate surface area is 154 Å². The van der Waals surface area contributed by atoms with Crippen LogP contribution in [0.5, 0.6) is 0 Å². The van der Waals surface area contributed by atoms with Crippen LogP contribution in [0.4, 0.5) is 0 Å². The highest BCUT2D eigenvalue weighted by Crippen LogP contribution is 2.25. The molecule has 2 aromatic heterocycles. The summed E-state index contributed by atoms with van der Waals surface area (Å²) in [5.41, 5.74) is 1.46. The number of halogens is 2. The van der Waals surface area contributed by atoms with Crippen molar-refractivity contribution in [2.24, 2.45) is 0 Å². The molecule has 0 atom stereocenters. The molecule has 0 aliphatic carbocycles. The van der Waals surface area contributed by atoms with Crippen molar-refractivity contribution < 1.29 is 0 Å². The second kappa shape index (κ2) is 6.12. The average molecular weight is 419 g/mol. The van der Waals surface area contributed by atoms with Crippen molar-refractivity contribution in [3.8, 4) is 11.4 Å². The zero-order chi connectivity index (χ0) is 16.7. The van der Waals surface area contributed by atoms with Crippen molar-refractivity contribution in [1.82, 2.24) is 14.6 Å². The highest BCUT2D eigenvalue weighted by molar-refractivity contribution is 9.10. The normalized spacial score (nSPS) is 12.2. The van der Waals surface area contributed by atoms with Gasteiger partial charge in [0.05, 0.1) is 4.53 Å². The van der Waals surface area contributed by atoms with Gasteiger partial charge in [-0.15, -0.1) is 5.10 Å². The number of benzene rings is 2. The van der Waals surface area contributed by atoms with E-state index in [1.807, 2.05) is 42.5 Å². The molecular weight excluding hydrogens is 410 g/mol. The van der Waals surface area contributed by atoms with Gasteiger partial charge in [-0.3, -0.25) is 4.79 Å². The fraction of sp³-hybridized carbons (Fsp3) is 0. The molecule has 0 radical (unpaired) electrons. The van der Waals surface area contributed by atoms with Gasteiger partial charge in [0.2, 0.25) is 4.96 Å². The first-order valence-electron chi connectivity index (χ1n) is 7.04. The lowest BCUT2D eigenvalue weighted by molar-refractivity contribution is 0.936. The topological polar surface area (TPSA) is 47.3 Å². The van der Waals surface area contributed by atoms with Crippen molar-refractivity contribution in [2.75, 3.05) is 0 Å². The summed E-state index contributed by atoms with van der Waals surface area (Å²) in [7, 11) is 0. The fourth-order valence-electron chi connectivity index (χ4n) is 2.32. The van der Waals surface area contributed by atoms with Crippen LogP contribution < -0.4 is 10.1 Å². The summed E-state index contributed by atoms with van der Waals surface area (Å²) in [4.78, 5) is 17.6. The summed E-state index contributed by atoms with van der Waals surface area (Å²) in [6.45, 7) is 0. The van der Waals surface area contributed by atoms with E-state index in [-0.39, 0.29) is 5.56 Å². The minimum Gasteiger partial charge on any atom is -0.266 e. The summed E-state index contributed by atoms with van der Waals surface area (Å²) in [6, 6.07) is 15.0. The smallest absolute Gasteiger partial charge is 0.266 e. The number of rotatable bonds is 2. The molecule has 118 valence electrons. The number of aromatic nitrogens is 3. The third kappa shape index (κ3) is 2.66. The van der Waals surface area contributed by atoms with Gasteiger partial charge in [-0.05, 0) is 29.8 Å². The van der Waals surface area contributed by atoms with Crippen molar-refractivity contribution in [3.05, 3.63) is 78.5 Å². The average Bonchev–Trinajstić information content (AvgIpc) is 3.10. The predicted octanol–water partition coefficient (Wildman–Crippen LogP) is 3.78. The molecule has 0 aliphatic rings. The largest absolute Gasteiger partial charge is 0.291 e. The van der Waals surface area contributed by atoms with E-state index in [4.69, 9.17) is 11.6 Å². The molecule has 0 unspecified atom stereocenters. The van der Waals surface area contributed by atoms with Crippen LogP contribution in [-0.2, 0) is 0 Å². The monoisotopic (exact) mass is 417 g/mol. The second-order valence-corrected chi connectivity index (χ2v) is 7.32. The quantitative estimate of drug-likeness (QED) is 0.498. The van der Waals surface area contributed by atoms with E-state index in [1.165, 1.54) is 15.9 Å². The molecule has 7 heteroatoms. The number of hydrogen-bond donors (Lipinski definition) is 0. The Kier molecular flexibility index (Phi) is 3.96. The van der Waals surface area contributed by atoms with Crippen LogP contribution in [0, 0.1) is 0 Å². The number of nitrogens with zero attached hydrogens (tertiary/aromatic N) is 3. The molecule has 2 heterocycles. The summed E-state index contributed by atoms with van der Waals surface area (Å²) >= 11 is 10.9. The van der Waals surface area contributed by atoms with E-state index in [2.05, 4.69) is 26.0 Å². The van der Waals surface area contributed by atoms with E-state index >= 15 is 0 Å². The molecule has 4 nitrogen and oxygen atoms in total. The Morgan fingerprint density at radius 1 is 1.12 bits per heavy atom. The molecule has 0 amide bonds. The van der Waals surface area contributed by atoms with Gasteiger partial charge < -0.3 is 0 Å². The summed E-state index contributed by atoms with van der Waals surface area (Å²) in [5, 5.41) is 4.95. The van der Waals surface area contributed by atoms with Gasteiger partial charge in [0.15, 0.2) is 5.82 Å². The molecule has 0 bridgehead atoms. The summed E-state index contributed by atoms with van der Waals surface area (Å²) in [6.07, 6.45) is 1.77. The van der Waals surface area contributed by atoms with E-state index in [0.29, 0.717) is 20.3 Å². The molecule has 0 aliphatic heterocycles. The maximum atomic E-state index is 12.6. The van der Waals surface area contributed by atoms with Crippen molar-refractivity contribution in [2.45, 2.75) is 0 Å².